The third-order valence-electron chi connectivity index (χ3n) is 2.58. The molecule has 21 heavy (non-hydrogen) atoms. The Balaban J connectivity index is 1.54. The van der Waals surface area contributed by atoms with E-state index in [0.29, 0.717) is 12.3 Å². The van der Waals surface area contributed by atoms with Crippen molar-refractivity contribution in [1.29, 1.82) is 0 Å². The van der Waals surface area contributed by atoms with E-state index >= 15 is 0 Å². The van der Waals surface area contributed by atoms with Crippen molar-refractivity contribution in [3.8, 4) is 5.75 Å². The Labute approximate surface area is 126 Å². The van der Waals surface area contributed by atoms with Gasteiger partial charge in [-0.2, -0.15) is 11.8 Å². The van der Waals surface area contributed by atoms with E-state index in [4.69, 9.17) is 9.15 Å². The minimum atomic E-state index is -0.333. The van der Waals surface area contributed by atoms with Gasteiger partial charge in [0.2, 0.25) is 0 Å². The number of carbonyl (C=O) groups is 1. The zero-order chi connectivity index (χ0) is 14.9. The summed E-state index contributed by atoms with van der Waals surface area (Å²) >= 11 is 1.68. The van der Waals surface area contributed by atoms with E-state index in [1.165, 1.54) is 24.3 Å². The van der Waals surface area contributed by atoms with Crippen LogP contribution < -0.4 is 10.1 Å². The lowest BCUT2D eigenvalue weighted by Gasteiger charge is -2.07. The van der Waals surface area contributed by atoms with Gasteiger partial charge in [0.25, 0.3) is 5.91 Å². The molecule has 1 aromatic heterocycles. The van der Waals surface area contributed by atoms with Crippen molar-refractivity contribution in [2.24, 2.45) is 0 Å². The van der Waals surface area contributed by atoms with Gasteiger partial charge in [0, 0.05) is 12.3 Å². The van der Waals surface area contributed by atoms with Crippen LogP contribution in [0, 0.1) is 5.82 Å². The van der Waals surface area contributed by atoms with Crippen LogP contribution in [0.15, 0.2) is 47.1 Å². The van der Waals surface area contributed by atoms with E-state index in [1.54, 1.807) is 18.0 Å². The molecule has 2 rings (SSSR count). The maximum Gasteiger partial charge on any atom is 0.257 e. The molecular formula is C15H16FNO3S. The first-order valence-electron chi connectivity index (χ1n) is 6.49. The molecule has 0 radical (unpaired) electrons. The largest absolute Gasteiger partial charge is 0.484 e. The first kappa shape index (κ1) is 15.4. The predicted octanol–water partition coefficient (Wildman–Crippen LogP) is 2.85. The molecule has 0 fully saturated rings. The highest BCUT2D eigenvalue weighted by Crippen LogP contribution is 2.12. The Bertz CT molecular complexity index is 543. The fourth-order valence-corrected chi connectivity index (χ4v) is 2.32. The molecule has 1 amide bonds. The molecule has 0 aliphatic carbocycles. The van der Waals surface area contributed by atoms with Crippen molar-refractivity contribution in [1.82, 2.24) is 5.32 Å². The summed E-state index contributed by atoms with van der Waals surface area (Å²) in [5, 5.41) is 2.75. The van der Waals surface area contributed by atoms with Gasteiger partial charge in [0.1, 0.15) is 17.3 Å². The van der Waals surface area contributed by atoms with Crippen LogP contribution >= 0.6 is 11.8 Å². The van der Waals surface area contributed by atoms with E-state index in [1.807, 2.05) is 12.1 Å². The van der Waals surface area contributed by atoms with Gasteiger partial charge in [-0.1, -0.05) is 0 Å². The highest BCUT2D eigenvalue weighted by atomic mass is 32.2. The summed E-state index contributed by atoms with van der Waals surface area (Å²) in [5.74, 6) is 2.45. The predicted molar refractivity (Wildman–Crippen MR) is 79.8 cm³/mol. The molecule has 4 nitrogen and oxygen atoms in total. The zero-order valence-electron chi connectivity index (χ0n) is 11.4. The monoisotopic (exact) mass is 309 g/mol. The molecule has 112 valence electrons. The standard InChI is InChI=1S/C15H16FNO3S/c16-12-3-5-13(6-4-12)20-10-15(18)17-7-9-21-11-14-2-1-8-19-14/h1-6,8H,7,9-11H2,(H,17,18). The number of thioether (sulfide) groups is 1. The molecular weight excluding hydrogens is 293 g/mol. The summed E-state index contributed by atoms with van der Waals surface area (Å²) in [6.45, 7) is 0.492. The number of ether oxygens (including phenoxy) is 1. The van der Waals surface area contributed by atoms with Gasteiger partial charge < -0.3 is 14.5 Å². The lowest BCUT2D eigenvalue weighted by atomic mass is 10.3. The maximum absolute atomic E-state index is 12.7. The number of carbonyl (C=O) groups excluding carboxylic acids is 1. The van der Waals surface area contributed by atoms with Crippen LogP contribution in [0.5, 0.6) is 5.75 Å². The molecule has 0 unspecified atom stereocenters. The van der Waals surface area contributed by atoms with E-state index in [0.717, 1.165) is 17.3 Å². The molecule has 0 bridgehead atoms. The quantitative estimate of drug-likeness (QED) is 0.762. The molecule has 2 aromatic rings. The molecule has 1 aromatic carbocycles. The highest BCUT2D eigenvalue weighted by molar-refractivity contribution is 7.98. The number of halogens is 1. The summed E-state index contributed by atoms with van der Waals surface area (Å²) in [4.78, 5) is 11.5. The smallest absolute Gasteiger partial charge is 0.257 e. The molecule has 0 spiro atoms. The normalized spacial score (nSPS) is 10.3. The molecule has 6 heteroatoms. The summed E-state index contributed by atoms with van der Waals surface area (Å²) in [6, 6.07) is 9.33. The summed E-state index contributed by atoms with van der Waals surface area (Å²) in [5.41, 5.74) is 0. The fraction of sp³-hybridized carbons (Fsp3) is 0.267. The van der Waals surface area contributed by atoms with Gasteiger partial charge in [-0.3, -0.25) is 4.79 Å². The second kappa shape index (κ2) is 8.36. The van der Waals surface area contributed by atoms with Crippen LogP contribution in [0.1, 0.15) is 5.76 Å². The van der Waals surface area contributed by atoms with E-state index in [-0.39, 0.29) is 18.3 Å². The fourth-order valence-electron chi connectivity index (χ4n) is 1.56. The highest BCUT2D eigenvalue weighted by Gasteiger charge is 2.03. The van der Waals surface area contributed by atoms with Crippen molar-refractivity contribution < 1.29 is 18.3 Å². The Morgan fingerprint density at radius 1 is 1.29 bits per heavy atom. The molecule has 0 saturated carbocycles. The van der Waals surface area contributed by atoms with E-state index < -0.39 is 0 Å². The summed E-state index contributed by atoms with van der Waals surface area (Å²) in [7, 11) is 0. The number of furan rings is 1. The van der Waals surface area contributed by atoms with Crippen molar-refractivity contribution in [2.75, 3.05) is 18.9 Å². The first-order valence-corrected chi connectivity index (χ1v) is 7.65. The van der Waals surface area contributed by atoms with Crippen molar-refractivity contribution >= 4 is 17.7 Å². The van der Waals surface area contributed by atoms with Crippen LogP contribution in [0.4, 0.5) is 4.39 Å². The second-order valence-electron chi connectivity index (χ2n) is 4.22. The van der Waals surface area contributed by atoms with Crippen molar-refractivity contribution in [3.63, 3.8) is 0 Å². The zero-order valence-corrected chi connectivity index (χ0v) is 12.2. The second-order valence-corrected chi connectivity index (χ2v) is 5.33. The third kappa shape index (κ3) is 5.91. The average Bonchev–Trinajstić information content (AvgIpc) is 2.99. The number of hydrogen-bond donors (Lipinski definition) is 1. The summed E-state index contributed by atoms with van der Waals surface area (Å²) in [6.07, 6.45) is 1.64. The maximum atomic E-state index is 12.7. The SMILES string of the molecule is O=C(COc1ccc(F)cc1)NCCSCc1ccco1. The van der Waals surface area contributed by atoms with Crippen LogP contribution in [-0.4, -0.2) is 24.8 Å². The molecule has 1 N–H and O–H groups in total. The van der Waals surface area contributed by atoms with Crippen LogP contribution in [-0.2, 0) is 10.5 Å². The number of benzene rings is 1. The molecule has 1 heterocycles. The first-order chi connectivity index (χ1) is 10.2. The third-order valence-corrected chi connectivity index (χ3v) is 3.56. The molecule has 0 aliphatic rings. The van der Waals surface area contributed by atoms with Gasteiger partial charge in [0.05, 0.1) is 12.0 Å². The Kier molecular flexibility index (Phi) is 6.15. The van der Waals surface area contributed by atoms with Crippen molar-refractivity contribution in [3.05, 3.63) is 54.2 Å². The average molecular weight is 309 g/mol. The lowest BCUT2D eigenvalue weighted by Crippen LogP contribution is -2.30. The van der Waals surface area contributed by atoms with Gasteiger partial charge in [-0.15, -0.1) is 0 Å². The topological polar surface area (TPSA) is 51.5 Å². The number of amides is 1. The van der Waals surface area contributed by atoms with E-state index in [2.05, 4.69) is 5.32 Å². The van der Waals surface area contributed by atoms with Crippen LogP contribution in [0.2, 0.25) is 0 Å². The summed E-state index contributed by atoms with van der Waals surface area (Å²) < 4.78 is 23.1. The van der Waals surface area contributed by atoms with Crippen LogP contribution in [0.3, 0.4) is 0 Å². The Morgan fingerprint density at radius 2 is 2.10 bits per heavy atom. The molecule has 0 atom stereocenters. The molecule has 0 saturated heterocycles. The number of hydrogen-bond acceptors (Lipinski definition) is 4. The van der Waals surface area contributed by atoms with Crippen LogP contribution in [0.25, 0.3) is 0 Å². The molecule has 0 aliphatic heterocycles. The Morgan fingerprint density at radius 3 is 2.81 bits per heavy atom. The van der Waals surface area contributed by atoms with Gasteiger partial charge in [0.15, 0.2) is 6.61 Å². The van der Waals surface area contributed by atoms with Crippen molar-refractivity contribution in [2.45, 2.75) is 5.75 Å². The van der Waals surface area contributed by atoms with Gasteiger partial charge >= 0.3 is 0 Å². The Hall–Kier alpha value is -1.95. The minimum Gasteiger partial charge on any atom is -0.484 e. The lowest BCUT2D eigenvalue weighted by molar-refractivity contribution is -0.122. The van der Waals surface area contributed by atoms with E-state index in [9.17, 15) is 9.18 Å². The number of rotatable bonds is 8. The van der Waals surface area contributed by atoms with Gasteiger partial charge in [-0.25, -0.2) is 4.39 Å². The van der Waals surface area contributed by atoms with Gasteiger partial charge in [-0.05, 0) is 36.4 Å². The minimum absolute atomic E-state index is 0.0749. The number of nitrogens with one attached hydrogen (secondary N) is 1.